The largest absolute Gasteiger partial charge is 0.506 e. The van der Waals surface area contributed by atoms with Crippen molar-refractivity contribution in [1.29, 1.82) is 0 Å². The maximum absolute atomic E-state index is 15.0. The lowest BCUT2D eigenvalue weighted by Crippen LogP contribution is -2.47. The van der Waals surface area contributed by atoms with Crippen LogP contribution in [0.4, 0.5) is 20.5 Å². The van der Waals surface area contributed by atoms with Gasteiger partial charge < -0.3 is 29.5 Å². The number of carbonyl (C=O) groups is 1. The van der Waals surface area contributed by atoms with Gasteiger partial charge in [0.15, 0.2) is 5.65 Å². The third-order valence-electron chi connectivity index (χ3n) is 9.31. The predicted octanol–water partition coefficient (Wildman–Crippen LogP) is 4.50. The molecule has 17 heteroatoms. The van der Waals surface area contributed by atoms with Gasteiger partial charge in [0.1, 0.15) is 40.8 Å². The van der Waals surface area contributed by atoms with E-state index in [0.29, 0.717) is 64.8 Å². The van der Waals surface area contributed by atoms with Gasteiger partial charge in [-0.05, 0) is 56.1 Å². The van der Waals surface area contributed by atoms with Crippen LogP contribution < -0.4 is 10.2 Å². The van der Waals surface area contributed by atoms with E-state index in [1.807, 2.05) is 23.3 Å². The number of imidazole rings is 1. The minimum Gasteiger partial charge on any atom is -0.506 e. The topological polar surface area (TPSA) is 152 Å². The van der Waals surface area contributed by atoms with E-state index in [-0.39, 0.29) is 47.4 Å². The number of benzene rings is 2. The van der Waals surface area contributed by atoms with Crippen LogP contribution in [0.5, 0.6) is 5.75 Å². The molecule has 14 nitrogen and oxygen atoms in total. The van der Waals surface area contributed by atoms with Gasteiger partial charge >= 0.3 is 0 Å². The molecule has 0 saturated carbocycles. The first-order valence-electron chi connectivity index (χ1n) is 16.4. The Morgan fingerprint density at radius 3 is 2.71 bits per heavy atom. The number of hydrogen-bond acceptors (Lipinski definition) is 11. The first-order valence-corrected chi connectivity index (χ1v) is 16.8. The van der Waals surface area contributed by atoms with E-state index >= 15 is 0 Å². The molecule has 2 aromatic carbocycles. The van der Waals surface area contributed by atoms with Gasteiger partial charge in [0, 0.05) is 56.7 Å². The number of anilines is 2. The van der Waals surface area contributed by atoms with Crippen molar-refractivity contribution in [1.82, 2.24) is 44.2 Å². The van der Waals surface area contributed by atoms with Crippen LogP contribution in [0.3, 0.4) is 0 Å². The van der Waals surface area contributed by atoms with E-state index in [1.165, 1.54) is 35.1 Å². The number of ether oxygens (including phenoxy) is 1. The molecule has 0 aliphatic carbocycles. The maximum atomic E-state index is 15.0. The fraction of sp³-hybridized carbons (Fsp3) is 0.324. The summed E-state index contributed by atoms with van der Waals surface area (Å²) in [7, 11) is 1.73. The molecule has 0 unspecified atom stereocenters. The number of amides is 1. The number of phenolic OH excluding ortho intramolecular Hbond substituents is 1. The number of aromatic hydroxyl groups is 1. The summed E-state index contributed by atoms with van der Waals surface area (Å²) in [5.74, 6) is -0.265. The van der Waals surface area contributed by atoms with Crippen LogP contribution in [0.25, 0.3) is 39.0 Å². The van der Waals surface area contributed by atoms with E-state index in [0.717, 1.165) is 6.07 Å². The standard InChI is InChI=1S/C34H32ClF2N11O3/c1-4-51-21-15-45(3)32(50)27-12-20(41-34-38-8-7-24(42-34)22-9-19(37)10-25-29(22)46(16-21)17(2)40-25)14-47(27)30-23-13-39-48(31(23)44-33(35)43-30)26-6-5-18(36)11-28(26)49/h5-11,13,20-21,27,49H,4,12,14-16H2,1-3H3,(H,38,41,42)/t20-,21-,27-/m0/s1. The number of fused-ring (bicyclic) bond motifs is 6. The molecular formula is C34H32ClF2N11O3. The van der Waals surface area contributed by atoms with Crippen molar-refractivity contribution in [3.63, 3.8) is 0 Å². The normalized spacial score (nSPS) is 19.4. The van der Waals surface area contributed by atoms with Gasteiger partial charge in [-0.15, -0.1) is 0 Å². The molecule has 262 valence electrons. The molecule has 51 heavy (non-hydrogen) atoms. The number of likely N-dealkylation sites (N-methyl/N-ethyl adjacent to an activating group) is 1. The lowest BCUT2D eigenvalue weighted by molar-refractivity contribution is -0.133. The zero-order chi connectivity index (χ0) is 35.6. The molecule has 2 aliphatic rings. The number of halogens is 3. The van der Waals surface area contributed by atoms with Crippen molar-refractivity contribution >= 4 is 51.3 Å². The van der Waals surface area contributed by atoms with Crippen LogP contribution >= 0.6 is 11.6 Å². The van der Waals surface area contributed by atoms with Crippen molar-refractivity contribution in [2.75, 3.05) is 37.0 Å². The molecule has 4 bridgehead atoms. The highest BCUT2D eigenvalue weighted by atomic mass is 35.5. The van der Waals surface area contributed by atoms with Crippen molar-refractivity contribution in [3.05, 3.63) is 71.5 Å². The summed E-state index contributed by atoms with van der Waals surface area (Å²) in [6, 6.07) is 7.07. The summed E-state index contributed by atoms with van der Waals surface area (Å²) in [6.07, 6.45) is 3.03. The number of hydrogen-bond donors (Lipinski definition) is 2. The summed E-state index contributed by atoms with van der Waals surface area (Å²) >= 11 is 6.50. The van der Waals surface area contributed by atoms with Gasteiger partial charge in [-0.25, -0.2) is 28.4 Å². The lowest BCUT2D eigenvalue weighted by Gasteiger charge is -2.31. The molecule has 8 rings (SSSR count). The Balaban J connectivity index is 1.24. The van der Waals surface area contributed by atoms with Crippen LogP contribution in [-0.2, 0) is 16.1 Å². The van der Waals surface area contributed by atoms with Gasteiger partial charge in [-0.3, -0.25) is 4.79 Å². The molecule has 1 saturated heterocycles. The first kappa shape index (κ1) is 32.7. The maximum Gasteiger partial charge on any atom is 0.245 e. The molecule has 6 aromatic rings. The van der Waals surface area contributed by atoms with E-state index in [1.54, 1.807) is 24.2 Å². The monoisotopic (exact) mass is 715 g/mol. The smallest absolute Gasteiger partial charge is 0.245 e. The second-order valence-corrected chi connectivity index (χ2v) is 13.0. The minimum atomic E-state index is -0.715. The summed E-state index contributed by atoms with van der Waals surface area (Å²) in [4.78, 5) is 40.8. The number of nitrogens with zero attached hydrogens (tertiary/aromatic N) is 10. The molecule has 3 atom stereocenters. The van der Waals surface area contributed by atoms with Crippen LogP contribution in [-0.4, -0.2) is 100 Å². The number of aromatic nitrogens is 8. The number of phenols is 1. The minimum absolute atomic E-state index is 0.112. The van der Waals surface area contributed by atoms with Crippen LogP contribution in [0.2, 0.25) is 5.28 Å². The molecule has 0 spiro atoms. The van der Waals surface area contributed by atoms with Gasteiger partial charge in [-0.1, -0.05) is 0 Å². The van der Waals surface area contributed by atoms with Crippen LogP contribution in [0, 0.1) is 18.6 Å². The SMILES string of the molecule is CCO[C@H]1CN(C)C(=O)[C@@H]2C[C@@H](CN2c2nc(Cl)nc3c2cnn3-c2ccc(F)cc2O)Nc2nccc(n2)-c2cc(F)cc3nc(C)n(c23)C1. The number of carbonyl (C=O) groups excluding carboxylic acids is 1. The molecular weight excluding hydrogens is 684 g/mol. The number of rotatable bonds is 4. The quantitative estimate of drug-likeness (QED) is 0.248. The molecule has 2 aliphatic heterocycles. The van der Waals surface area contributed by atoms with E-state index in [9.17, 15) is 18.7 Å². The van der Waals surface area contributed by atoms with Crippen molar-refractivity contribution in [3.8, 4) is 22.7 Å². The Labute approximate surface area is 294 Å². The highest BCUT2D eigenvalue weighted by molar-refractivity contribution is 6.28. The molecule has 0 radical (unpaired) electrons. The Morgan fingerprint density at radius 2 is 1.90 bits per heavy atom. The predicted molar refractivity (Wildman–Crippen MR) is 185 cm³/mol. The van der Waals surface area contributed by atoms with E-state index in [2.05, 4.69) is 30.4 Å². The fourth-order valence-corrected chi connectivity index (χ4v) is 7.29. The molecule has 4 aromatic heterocycles. The first-order chi connectivity index (χ1) is 24.6. The zero-order valence-corrected chi connectivity index (χ0v) is 28.5. The summed E-state index contributed by atoms with van der Waals surface area (Å²) in [6.45, 7) is 5.03. The number of nitrogens with one attached hydrogen (secondary N) is 1. The van der Waals surface area contributed by atoms with E-state index < -0.39 is 23.8 Å². The molecule has 1 amide bonds. The fourth-order valence-electron chi connectivity index (χ4n) is 7.13. The molecule has 2 N–H and O–H groups in total. The summed E-state index contributed by atoms with van der Waals surface area (Å²) < 4.78 is 38.3. The van der Waals surface area contributed by atoms with Gasteiger partial charge in [0.2, 0.25) is 17.1 Å². The average Bonchev–Trinajstić information content (AvgIpc) is 3.79. The highest BCUT2D eigenvalue weighted by Crippen LogP contribution is 2.36. The molecule has 1 fully saturated rings. The van der Waals surface area contributed by atoms with Crippen LogP contribution in [0.15, 0.2) is 48.8 Å². The second-order valence-electron chi connectivity index (χ2n) is 12.6. The lowest BCUT2D eigenvalue weighted by atomic mass is 10.1. The van der Waals surface area contributed by atoms with Crippen molar-refractivity contribution in [2.24, 2.45) is 0 Å². The van der Waals surface area contributed by atoms with Crippen molar-refractivity contribution in [2.45, 2.75) is 45.0 Å². The summed E-state index contributed by atoms with van der Waals surface area (Å²) in [5, 5.41) is 18.7. The number of aryl methyl sites for hydroxylation is 1. The summed E-state index contributed by atoms with van der Waals surface area (Å²) in [5.41, 5.74) is 2.69. The second kappa shape index (κ2) is 12.7. The van der Waals surface area contributed by atoms with Crippen molar-refractivity contribution < 1.29 is 23.4 Å². The molecule has 6 heterocycles. The third kappa shape index (κ3) is 5.83. The van der Waals surface area contributed by atoms with E-state index in [4.69, 9.17) is 21.3 Å². The zero-order valence-electron chi connectivity index (χ0n) is 27.8. The van der Waals surface area contributed by atoms with Gasteiger partial charge in [0.05, 0.1) is 41.0 Å². The van der Waals surface area contributed by atoms with Gasteiger partial charge in [-0.2, -0.15) is 15.1 Å². The van der Waals surface area contributed by atoms with Gasteiger partial charge in [0.25, 0.3) is 0 Å². The Morgan fingerprint density at radius 1 is 1.06 bits per heavy atom. The Hall–Kier alpha value is -5.48. The Kier molecular flexibility index (Phi) is 8.14. The third-order valence-corrected chi connectivity index (χ3v) is 9.48. The van der Waals surface area contributed by atoms with Crippen LogP contribution in [0.1, 0.15) is 19.2 Å². The average molecular weight is 716 g/mol. The Bertz CT molecular complexity index is 2330. The highest BCUT2D eigenvalue weighted by Gasteiger charge is 2.41.